The molecule has 0 saturated carbocycles. The highest BCUT2D eigenvalue weighted by molar-refractivity contribution is 5.88. The Hall–Kier alpha value is -2.34. The van der Waals surface area contributed by atoms with Crippen LogP contribution in [0.2, 0.25) is 0 Å². The molecule has 0 aliphatic carbocycles. The van der Waals surface area contributed by atoms with Gasteiger partial charge in [-0.05, 0) is 18.1 Å². The molecule has 0 radical (unpaired) electrons. The van der Waals surface area contributed by atoms with Gasteiger partial charge in [-0.1, -0.05) is 18.2 Å². The van der Waals surface area contributed by atoms with Crippen LogP contribution in [0, 0.1) is 0 Å². The number of rotatable bonds is 0. The van der Waals surface area contributed by atoms with Crippen LogP contribution < -0.4 is 5.84 Å². The summed E-state index contributed by atoms with van der Waals surface area (Å²) in [6.07, 6.45) is 1.04. The lowest BCUT2D eigenvalue weighted by Crippen LogP contribution is -2.45. The molecule has 0 unspecified atom stereocenters. The van der Waals surface area contributed by atoms with E-state index < -0.39 is 0 Å². The van der Waals surface area contributed by atoms with E-state index in [1.807, 2.05) is 24.3 Å². The highest BCUT2D eigenvalue weighted by Crippen LogP contribution is 2.25. The Labute approximate surface area is 122 Å². The number of carbonyl (C=O) groups is 2. The molecule has 1 aliphatic heterocycles. The molecule has 21 heavy (non-hydrogen) atoms. The van der Waals surface area contributed by atoms with Crippen LogP contribution in [-0.4, -0.2) is 40.3 Å². The molecular weight excluding hydrogens is 268 g/mol. The number of amides is 2. The molecule has 2 amide bonds. The van der Waals surface area contributed by atoms with Crippen molar-refractivity contribution >= 4 is 22.7 Å². The third kappa shape index (κ3) is 2.50. The molecule has 3 rings (SSSR count). The Kier molecular flexibility index (Phi) is 3.39. The largest absolute Gasteiger partial charge is 0.357 e. The van der Waals surface area contributed by atoms with Gasteiger partial charge in [-0.25, -0.2) is 5.84 Å². The Morgan fingerprint density at radius 1 is 1.10 bits per heavy atom. The lowest BCUT2D eigenvalue weighted by Gasteiger charge is -2.23. The molecule has 0 bridgehead atoms. The first-order valence-corrected chi connectivity index (χ1v) is 6.93. The van der Waals surface area contributed by atoms with Gasteiger partial charge < -0.3 is 9.88 Å². The number of likely N-dealkylation sites (N-methyl/N-ethyl adjacent to an activating group) is 1. The standard InChI is InChI=1S/C15H18N4O2/c1-18-9-15(21)19(16)8-13-11(6-7-14(18)20)10-4-2-3-5-12(10)17-13/h2-5,17H,6-9,16H2,1H3. The highest BCUT2D eigenvalue weighted by Gasteiger charge is 2.22. The van der Waals surface area contributed by atoms with E-state index in [0.29, 0.717) is 19.4 Å². The summed E-state index contributed by atoms with van der Waals surface area (Å²) in [5.74, 6) is 5.53. The maximum absolute atomic E-state index is 12.1. The van der Waals surface area contributed by atoms with Gasteiger partial charge in [0, 0.05) is 30.1 Å². The van der Waals surface area contributed by atoms with Gasteiger partial charge in [0.05, 0.1) is 6.54 Å². The van der Waals surface area contributed by atoms with Crippen LogP contribution in [0.4, 0.5) is 0 Å². The fraction of sp³-hybridized carbons (Fsp3) is 0.333. The van der Waals surface area contributed by atoms with Crippen LogP contribution in [0.5, 0.6) is 0 Å². The number of fused-ring (bicyclic) bond motifs is 3. The monoisotopic (exact) mass is 286 g/mol. The van der Waals surface area contributed by atoms with E-state index in [1.54, 1.807) is 7.05 Å². The summed E-state index contributed by atoms with van der Waals surface area (Å²) in [5.41, 5.74) is 2.98. The molecule has 0 atom stereocenters. The minimum absolute atomic E-state index is 0.0187. The number of aromatic amines is 1. The van der Waals surface area contributed by atoms with Crippen molar-refractivity contribution in [2.75, 3.05) is 13.6 Å². The zero-order chi connectivity index (χ0) is 15.0. The van der Waals surface area contributed by atoms with Gasteiger partial charge in [0.2, 0.25) is 5.91 Å². The number of carbonyl (C=O) groups excluding carboxylic acids is 2. The molecule has 2 heterocycles. The first-order valence-electron chi connectivity index (χ1n) is 6.93. The molecular formula is C15H18N4O2. The summed E-state index contributed by atoms with van der Waals surface area (Å²) in [6, 6.07) is 7.93. The van der Waals surface area contributed by atoms with E-state index in [9.17, 15) is 9.59 Å². The van der Waals surface area contributed by atoms with E-state index >= 15 is 0 Å². The molecule has 0 saturated heterocycles. The molecule has 1 aliphatic rings. The third-order valence-corrected chi connectivity index (χ3v) is 3.94. The predicted octanol–water partition coefficient (Wildman–Crippen LogP) is 0.775. The Balaban J connectivity index is 2.06. The van der Waals surface area contributed by atoms with Gasteiger partial charge in [-0.3, -0.25) is 14.6 Å². The van der Waals surface area contributed by atoms with Crippen molar-refractivity contribution in [3.63, 3.8) is 0 Å². The zero-order valence-electron chi connectivity index (χ0n) is 11.9. The number of hydrogen-bond donors (Lipinski definition) is 2. The number of hydrogen-bond acceptors (Lipinski definition) is 3. The number of aryl methyl sites for hydroxylation is 1. The molecule has 2 aromatic rings. The number of nitrogens with zero attached hydrogens (tertiary/aromatic N) is 2. The average Bonchev–Trinajstić information content (AvgIpc) is 2.81. The Morgan fingerprint density at radius 3 is 2.67 bits per heavy atom. The van der Waals surface area contributed by atoms with E-state index in [2.05, 4.69) is 4.98 Å². The first kappa shape index (κ1) is 13.6. The normalized spacial score (nSPS) is 17.2. The van der Waals surface area contributed by atoms with Crippen LogP contribution in [0.25, 0.3) is 10.9 Å². The number of benzene rings is 1. The fourth-order valence-electron chi connectivity index (χ4n) is 2.74. The molecule has 0 spiro atoms. The minimum atomic E-state index is -0.266. The molecule has 1 aromatic carbocycles. The minimum Gasteiger partial charge on any atom is -0.357 e. The smallest absolute Gasteiger partial charge is 0.256 e. The number of nitrogens with one attached hydrogen (secondary N) is 1. The van der Waals surface area contributed by atoms with Crippen LogP contribution in [0.3, 0.4) is 0 Å². The van der Waals surface area contributed by atoms with Gasteiger partial charge in [0.15, 0.2) is 0 Å². The second kappa shape index (κ2) is 5.21. The van der Waals surface area contributed by atoms with Gasteiger partial charge in [-0.2, -0.15) is 0 Å². The van der Waals surface area contributed by atoms with Gasteiger partial charge in [0.25, 0.3) is 5.91 Å². The van der Waals surface area contributed by atoms with Gasteiger partial charge in [-0.15, -0.1) is 0 Å². The average molecular weight is 286 g/mol. The zero-order valence-corrected chi connectivity index (χ0v) is 11.9. The van der Waals surface area contributed by atoms with E-state index in [-0.39, 0.29) is 18.4 Å². The maximum Gasteiger partial charge on any atom is 0.256 e. The third-order valence-electron chi connectivity index (χ3n) is 3.94. The summed E-state index contributed by atoms with van der Waals surface area (Å²) in [4.78, 5) is 28.8. The maximum atomic E-state index is 12.1. The van der Waals surface area contributed by atoms with Crippen molar-refractivity contribution in [2.24, 2.45) is 5.84 Å². The number of aromatic nitrogens is 1. The Morgan fingerprint density at radius 2 is 1.86 bits per heavy atom. The molecule has 3 N–H and O–H groups in total. The molecule has 110 valence electrons. The number of hydrazine groups is 1. The first-order chi connectivity index (χ1) is 10.1. The van der Waals surface area contributed by atoms with Gasteiger partial charge >= 0.3 is 0 Å². The van der Waals surface area contributed by atoms with Crippen molar-refractivity contribution in [1.82, 2.24) is 14.9 Å². The van der Waals surface area contributed by atoms with Crippen molar-refractivity contribution in [3.8, 4) is 0 Å². The van der Waals surface area contributed by atoms with Gasteiger partial charge in [0.1, 0.15) is 6.54 Å². The van der Waals surface area contributed by atoms with E-state index in [0.717, 1.165) is 22.2 Å². The van der Waals surface area contributed by atoms with Crippen molar-refractivity contribution in [1.29, 1.82) is 0 Å². The SMILES string of the molecule is CN1CC(=O)N(N)Cc2[nH]c3ccccc3c2CCC1=O. The molecule has 6 nitrogen and oxygen atoms in total. The summed E-state index contributed by atoms with van der Waals surface area (Å²) in [7, 11) is 1.63. The van der Waals surface area contributed by atoms with Crippen molar-refractivity contribution in [2.45, 2.75) is 19.4 Å². The van der Waals surface area contributed by atoms with Crippen molar-refractivity contribution < 1.29 is 9.59 Å². The summed E-state index contributed by atoms with van der Waals surface area (Å²) >= 11 is 0. The molecule has 6 heteroatoms. The quantitative estimate of drug-likeness (QED) is 0.554. The second-order valence-corrected chi connectivity index (χ2v) is 5.40. The van der Waals surface area contributed by atoms with Crippen LogP contribution in [0.1, 0.15) is 17.7 Å². The fourth-order valence-corrected chi connectivity index (χ4v) is 2.74. The topological polar surface area (TPSA) is 82.4 Å². The van der Waals surface area contributed by atoms with E-state index in [1.165, 1.54) is 9.91 Å². The molecule has 0 fully saturated rings. The summed E-state index contributed by atoms with van der Waals surface area (Å²) in [6.45, 7) is 0.343. The molecule has 1 aromatic heterocycles. The number of H-pyrrole nitrogens is 1. The second-order valence-electron chi connectivity index (χ2n) is 5.40. The van der Waals surface area contributed by atoms with Crippen LogP contribution >= 0.6 is 0 Å². The van der Waals surface area contributed by atoms with Crippen molar-refractivity contribution in [3.05, 3.63) is 35.5 Å². The number of nitrogens with two attached hydrogens (primary N) is 1. The summed E-state index contributed by atoms with van der Waals surface area (Å²) < 4.78 is 0. The lowest BCUT2D eigenvalue weighted by molar-refractivity contribution is -0.140. The Bertz CT molecular complexity index is 707. The lowest BCUT2D eigenvalue weighted by atomic mass is 10.0. The highest BCUT2D eigenvalue weighted by atomic mass is 16.2. The predicted molar refractivity (Wildman–Crippen MR) is 79.0 cm³/mol. The number of para-hydroxylation sites is 1. The summed E-state index contributed by atoms with van der Waals surface area (Å²) in [5, 5.41) is 2.26. The van der Waals surface area contributed by atoms with Crippen LogP contribution in [-0.2, 0) is 22.6 Å². The van der Waals surface area contributed by atoms with Crippen LogP contribution in [0.15, 0.2) is 24.3 Å². The van der Waals surface area contributed by atoms with E-state index in [4.69, 9.17) is 5.84 Å².